The summed E-state index contributed by atoms with van der Waals surface area (Å²) in [7, 11) is 0. The lowest BCUT2D eigenvalue weighted by molar-refractivity contribution is 0.0976. The van der Waals surface area contributed by atoms with Crippen LogP contribution in [0.3, 0.4) is 0 Å². The molecule has 0 aliphatic heterocycles. The van der Waals surface area contributed by atoms with Crippen LogP contribution in [-0.2, 0) is 16.3 Å². The zero-order chi connectivity index (χ0) is 19.5. The highest BCUT2D eigenvalue weighted by Crippen LogP contribution is 2.19. The molecule has 26 heavy (non-hydrogen) atoms. The van der Waals surface area contributed by atoms with Crippen LogP contribution in [0.4, 0.5) is 0 Å². The second kappa shape index (κ2) is 20.0. The Kier molecular flexibility index (Phi) is 20.2. The lowest BCUT2D eigenvalue weighted by atomic mass is 10.1. The van der Waals surface area contributed by atoms with E-state index < -0.39 is 17.3 Å². The molecule has 0 spiro atoms. The summed E-state index contributed by atoms with van der Waals surface area (Å²) < 4.78 is 12.5. The number of unbranched alkanes of at least 4 members (excludes halogenated alkanes) is 14. The smallest absolute Gasteiger partial charge is 0.144 e. The summed E-state index contributed by atoms with van der Waals surface area (Å²) in [6.07, 6.45) is 20.6. The lowest BCUT2D eigenvalue weighted by Gasteiger charge is -2.23. The van der Waals surface area contributed by atoms with Crippen molar-refractivity contribution in [3.63, 3.8) is 0 Å². The van der Waals surface area contributed by atoms with Gasteiger partial charge in [-0.15, -0.1) is 0 Å². The first-order valence-corrected chi connectivity index (χ1v) is 13.0. The molecule has 0 saturated carbocycles. The summed E-state index contributed by atoms with van der Waals surface area (Å²) in [5.74, 6) is 0.739. The van der Waals surface area contributed by atoms with Gasteiger partial charge in [0.15, 0.2) is 0 Å². The first kappa shape index (κ1) is 26.3. The quantitative estimate of drug-likeness (QED) is 0.157. The van der Waals surface area contributed by atoms with Crippen molar-refractivity contribution in [1.82, 2.24) is 0 Å². The largest absolute Gasteiger partial charge is 0.616 e. The molecule has 0 amide bonds. The van der Waals surface area contributed by atoms with E-state index >= 15 is 0 Å². The maximum Gasteiger partial charge on any atom is 0.144 e. The van der Waals surface area contributed by atoms with Crippen LogP contribution in [0.15, 0.2) is 0 Å². The van der Waals surface area contributed by atoms with Gasteiger partial charge in [-0.25, -0.2) is 5.11 Å². The highest BCUT2D eigenvalue weighted by Gasteiger charge is 2.27. The predicted octanol–water partition coefficient (Wildman–Crippen LogP) is 7.59. The van der Waals surface area contributed by atoms with E-state index in [1.54, 1.807) is 6.92 Å². The van der Waals surface area contributed by atoms with Crippen molar-refractivity contribution < 1.29 is 9.66 Å². The van der Waals surface area contributed by atoms with E-state index in [4.69, 9.17) is 0 Å². The fraction of sp³-hybridized carbons (Fsp3) is 1.00. The van der Waals surface area contributed by atoms with Crippen molar-refractivity contribution in [2.24, 2.45) is 0 Å². The van der Waals surface area contributed by atoms with Gasteiger partial charge in [-0.1, -0.05) is 97.3 Å². The van der Waals surface area contributed by atoms with Gasteiger partial charge in [-0.05, 0) is 43.8 Å². The molecular formula is C23H47O2S. The van der Waals surface area contributed by atoms with Crippen molar-refractivity contribution in [3.05, 3.63) is 0 Å². The second-order valence-corrected chi connectivity index (χ2v) is 9.84. The van der Waals surface area contributed by atoms with Gasteiger partial charge in [0.25, 0.3) is 0 Å². The molecule has 0 rings (SSSR count). The van der Waals surface area contributed by atoms with E-state index in [0.29, 0.717) is 0 Å². The van der Waals surface area contributed by atoms with Crippen molar-refractivity contribution in [1.29, 1.82) is 0 Å². The van der Waals surface area contributed by atoms with Crippen LogP contribution in [0.2, 0.25) is 0 Å². The molecule has 0 saturated heterocycles. The monoisotopic (exact) mass is 387 g/mol. The van der Waals surface area contributed by atoms with Crippen LogP contribution in [0.1, 0.15) is 130 Å². The Balaban J connectivity index is 3.59. The number of hydrogen-bond donors (Lipinski definition) is 0. The fourth-order valence-corrected chi connectivity index (χ4v) is 5.24. The molecule has 0 fully saturated rings. The third-order valence-electron chi connectivity index (χ3n) is 5.40. The molecule has 3 unspecified atom stereocenters. The summed E-state index contributed by atoms with van der Waals surface area (Å²) >= 11 is -0.921. The molecular weight excluding hydrogens is 340 g/mol. The van der Waals surface area contributed by atoms with Crippen molar-refractivity contribution >= 4 is 11.2 Å². The maximum atomic E-state index is 12.5. The molecule has 0 bridgehead atoms. The molecule has 3 heteroatoms. The van der Waals surface area contributed by atoms with Gasteiger partial charge in [-0.2, -0.15) is 0 Å². The normalized spacial score (nSPS) is 15.1. The van der Waals surface area contributed by atoms with E-state index in [0.717, 1.165) is 25.0 Å². The predicted molar refractivity (Wildman–Crippen MR) is 117 cm³/mol. The Bertz CT molecular complexity index is 271. The minimum absolute atomic E-state index is 0.125. The minimum Gasteiger partial charge on any atom is -0.616 e. The van der Waals surface area contributed by atoms with Crippen molar-refractivity contribution in [2.45, 2.75) is 141 Å². The standard InChI is InChI=1S/C23H47O2S/c1-4-6-8-10-11-12-13-14-15-17-19-21-26(25)23(22(3)24)20-18-16-9-7-5-2/h22-23H,4-21H2,1-3H3. The lowest BCUT2D eigenvalue weighted by Crippen LogP contribution is -2.33. The van der Waals surface area contributed by atoms with Gasteiger partial charge >= 0.3 is 0 Å². The van der Waals surface area contributed by atoms with Gasteiger partial charge in [-0.3, -0.25) is 0 Å². The third kappa shape index (κ3) is 16.4. The summed E-state index contributed by atoms with van der Waals surface area (Å²) in [4.78, 5) is 0. The molecule has 0 heterocycles. The maximum absolute atomic E-state index is 12.5. The van der Waals surface area contributed by atoms with Gasteiger partial charge in [0.2, 0.25) is 0 Å². The fourth-order valence-electron chi connectivity index (χ4n) is 3.59. The van der Waals surface area contributed by atoms with Crippen molar-refractivity contribution in [3.8, 4) is 0 Å². The zero-order valence-corrected chi connectivity index (χ0v) is 18.9. The summed E-state index contributed by atoms with van der Waals surface area (Å²) in [6.45, 7) is 6.18. The molecule has 0 aromatic rings. The Morgan fingerprint density at radius 2 is 1.04 bits per heavy atom. The van der Waals surface area contributed by atoms with Gasteiger partial charge in [0.1, 0.15) is 17.1 Å². The highest BCUT2D eigenvalue weighted by atomic mass is 32.2. The Morgan fingerprint density at radius 1 is 0.654 bits per heavy atom. The first-order chi connectivity index (χ1) is 12.6. The van der Waals surface area contributed by atoms with Gasteiger partial charge < -0.3 is 4.55 Å². The summed E-state index contributed by atoms with van der Waals surface area (Å²) in [5.41, 5.74) is 0. The van der Waals surface area contributed by atoms with Gasteiger partial charge in [0.05, 0.1) is 0 Å². The molecule has 0 aliphatic carbocycles. The van der Waals surface area contributed by atoms with Crippen LogP contribution < -0.4 is 0 Å². The SMILES string of the molecule is CCCCCCCCCCCCC[S+]([O-])C(CCCCCCC)C(C)[O]. The van der Waals surface area contributed by atoms with E-state index in [1.807, 2.05) is 0 Å². The van der Waals surface area contributed by atoms with Crippen LogP contribution >= 0.6 is 0 Å². The Hall–Kier alpha value is 0.270. The summed E-state index contributed by atoms with van der Waals surface area (Å²) in [6, 6.07) is 0. The van der Waals surface area contributed by atoms with E-state index in [9.17, 15) is 9.66 Å². The Labute approximate surface area is 168 Å². The van der Waals surface area contributed by atoms with E-state index in [2.05, 4.69) is 13.8 Å². The molecule has 0 aliphatic rings. The number of rotatable bonds is 20. The first-order valence-electron chi connectivity index (χ1n) is 11.7. The molecule has 1 radical (unpaired) electrons. The molecule has 157 valence electrons. The molecule has 0 aromatic heterocycles. The highest BCUT2D eigenvalue weighted by molar-refractivity contribution is 7.92. The van der Waals surface area contributed by atoms with Crippen LogP contribution in [0, 0.1) is 0 Å². The molecule has 0 N–H and O–H groups in total. The third-order valence-corrected chi connectivity index (χ3v) is 7.39. The molecule has 2 nitrogen and oxygen atoms in total. The molecule has 0 aromatic carbocycles. The average Bonchev–Trinajstić information content (AvgIpc) is 2.62. The average molecular weight is 388 g/mol. The van der Waals surface area contributed by atoms with Crippen LogP contribution in [0.25, 0.3) is 0 Å². The topological polar surface area (TPSA) is 43.0 Å². The molecule has 3 atom stereocenters. The van der Waals surface area contributed by atoms with Crippen LogP contribution in [-0.4, -0.2) is 21.7 Å². The second-order valence-electron chi connectivity index (χ2n) is 8.07. The van der Waals surface area contributed by atoms with Gasteiger partial charge in [0, 0.05) is 0 Å². The van der Waals surface area contributed by atoms with E-state index in [-0.39, 0.29) is 5.25 Å². The van der Waals surface area contributed by atoms with Crippen LogP contribution in [0.5, 0.6) is 0 Å². The number of hydrogen-bond acceptors (Lipinski definition) is 1. The minimum atomic E-state index is -0.921. The van der Waals surface area contributed by atoms with E-state index in [1.165, 1.54) is 89.9 Å². The van der Waals surface area contributed by atoms with Crippen molar-refractivity contribution in [2.75, 3.05) is 5.75 Å². The Morgan fingerprint density at radius 3 is 1.46 bits per heavy atom. The zero-order valence-electron chi connectivity index (χ0n) is 18.1. The summed E-state index contributed by atoms with van der Waals surface area (Å²) in [5, 5.41) is 11.8.